The van der Waals surface area contributed by atoms with Crippen LogP contribution in [0.2, 0.25) is 0 Å². The summed E-state index contributed by atoms with van der Waals surface area (Å²) in [6.07, 6.45) is -12.0. The van der Waals surface area contributed by atoms with E-state index in [1.807, 2.05) is 4.90 Å². The predicted molar refractivity (Wildman–Crippen MR) is 255 cm³/mol. The number of alkyl carbamates (subject to hydrolysis) is 1. The zero-order valence-corrected chi connectivity index (χ0v) is 41.5. The van der Waals surface area contributed by atoms with Crippen LogP contribution in [0.5, 0.6) is 0 Å². The number of aliphatic hydroxyl groups is 2. The van der Waals surface area contributed by atoms with Gasteiger partial charge in [0.15, 0.2) is 30.0 Å². The van der Waals surface area contributed by atoms with Crippen LogP contribution in [0.3, 0.4) is 0 Å². The quantitative estimate of drug-likeness (QED) is 0.0334. The first kappa shape index (κ1) is 55.8. The molecule has 3 aliphatic heterocycles. The number of fused-ring (bicyclic) bond motifs is 1. The Kier molecular flexibility index (Phi) is 17.8. The number of benzene rings is 2. The van der Waals surface area contributed by atoms with Crippen molar-refractivity contribution in [2.75, 3.05) is 62.8 Å². The van der Waals surface area contributed by atoms with Crippen molar-refractivity contribution in [2.24, 2.45) is 0 Å². The molecule has 3 saturated heterocycles. The van der Waals surface area contributed by atoms with E-state index in [1.54, 1.807) is 24.3 Å². The third kappa shape index (κ3) is 14.3. The van der Waals surface area contributed by atoms with Crippen LogP contribution < -0.4 is 27.8 Å². The van der Waals surface area contributed by atoms with Crippen LogP contribution in [-0.4, -0.2) is 166 Å². The first-order valence-corrected chi connectivity index (χ1v) is 26.1. The minimum Gasteiger partial charge on any atom is -0.455 e. The number of phosphoric ester groups is 2. The van der Waals surface area contributed by atoms with Crippen molar-refractivity contribution in [2.45, 2.75) is 74.6 Å². The Morgan fingerprint density at radius 2 is 1.51 bits per heavy atom. The largest absolute Gasteiger partial charge is 0.472 e. The van der Waals surface area contributed by atoms with Crippen LogP contribution in [0.1, 0.15) is 30.0 Å². The standard InChI is InChI=1S/C43H52FN11O19P2/c44-25-5-1-23(2-6-25)17-31(56)50-26-7-3-24(4-8-26)18-68-43(61)51-27(9-11-53-13-15-67-16-14-53)41(59)73-35-28(71-40(33(35)57)55-22-49-32-37(46)47-21-48-38(32)55)20-70-76(65,66)74-36-29(19-69-75(62,63)64)72-39(34(36)58)54-12-10-30(45)52-42(54)60/h1-8,10,12,21-22,27-29,33-36,39-40,57-58H,9,11,13-20H2,(H,50,56)(H,51,61)(H,65,66)(H2,45,52,60)(H2,46,47,48)(H2,62,63,64)/t27-,28+,29+,33+,34+,35+,36+,39+,40+/m0/s1. The second-order valence-corrected chi connectivity index (χ2v) is 20.0. The van der Waals surface area contributed by atoms with Gasteiger partial charge in [0.1, 0.15) is 66.6 Å². The fourth-order valence-electron chi connectivity index (χ4n) is 8.25. The third-order valence-corrected chi connectivity index (χ3v) is 13.5. The molecule has 6 heterocycles. The lowest BCUT2D eigenvalue weighted by atomic mass is 10.1. The molecule has 1 unspecified atom stereocenters. The molecule has 0 bridgehead atoms. The summed E-state index contributed by atoms with van der Waals surface area (Å²) in [6, 6.07) is 11.5. The van der Waals surface area contributed by atoms with Crippen molar-refractivity contribution in [3.63, 3.8) is 0 Å². The van der Waals surface area contributed by atoms with Crippen LogP contribution in [-0.2, 0) is 69.0 Å². The number of nitrogen functional groups attached to an aromatic ring is 2. The maximum atomic E-state index is 14.3. The zero-order valence-electron chi connectivity index (χ0n) is 39.7. The topological polar surface area (TPSA) is 418 Å². The number of hydrogen-bond acceptors (Lipinski definition) is 23. The molecule has 30 nitrogen and oxygen atoms in total. The summed E-state index contributed by atoms with van der Waals surface area (Å²) in [5.41, 5.74) is 12.2. The van der Waals surface area contributed by atoms with Gasteiger partial charge in [0.05, 0.1) is 39.2 Å². The molecular weight excluding hydrogens is 1060 g/mol. The number of imidazole rings is 1. The van der Waals surface area contributed by atoms with Crippen molar-refractivity contribution in [3.8, 4) is 0 Å². The maximum absolute atomic E-state index is 14.3. The Labute approximate surface area is 428 Å². The SMILES string of the molecule is Nc1ccn([C@@H]2O[C@H](COP(=O)(O)O)[C@@H](OP(=O)(O)OC[C@H]3O[C@@H](n4cnc5c(N)ncnc54)[C@H](O)[C@@H]3OC(=O)[C@H](CCN3CCOCC3)NC(=O)OCc3ccc(NC(=O)Cc4ccc(F)cc4)cc3)[C@H]2O)c(=O)n1. The number of aromatic nitrogens is 6. The minimum absolute atomic E-state index is 0.000918. The summed E-state index contributed by atoms with van der Waals surface area (Å²) in [7, 11) is -10.7. The molecule has 3 aliphatic rings. The molecule has 0 spiro atoms. The summed E-state index contributed by atoms with van der Waals surface area (Å²) < 4.78 is 84.2. The van der Waals surface area contributed by atoms with Gasteiger partial charge in [0.25, 0.3) is 0 Å². The lowest BCUT2D eigenvalue weighted by Crippen LogP contribution is -2.48. The molecule has 2 aromatic carbocycles. The number of nitrogens with zero attached hydrogens (tertiary/aromatic N) is 7. The van der Waals surface area contributed by atoms with Crippen LogP contribution in [0, 0.1) is 5.82 Å². The van der Waals surface area contributed by atoms with Gasteiger partial charge in [0.2, 0.25) is 5.91 Å². The number of morpholine rings is 1. The van der Waals surface area contributed by atoms with Gasteiger partial charge in [-0.2, -0.15) is 4.98 Å². The van der Waals surface area contributed by atoms with Gasteiger partial charge in [-0.25, -0.2) is 42.9 Å². The van der Waals surface area contributed by atoms with Gasteiger partial charge in [-0.15, -0.1) is 0 Å². The highest BCUT2D eigenvalue weighted by Crippen LogP contribution is 2.50. The molecule has 5 aromatic rings. The van der Waals surface area contributed by atoms with E-state index in [0.717, 1.165) is 23.2 Å². The van der Waals surface area contributed by atoms with Crippen molar-refractivity contribution in [3.05, 3.63) is 101 Å². The van der Waals surface area contributed by atoms with Crippen LogP contribution in [0.25, 0.3) is 11.2 Å². The molecule has 3 fully saturated rings. The third-order valence-electron chi connectivity index (χ3n) is 12.0. The highest BCUT2D eigenvalue weighted by molar-refractivity contribution is 7.47. The second-order valence-electron chi connectivity index (χ2n) is 17.3. The van der Waals surface area contributed by atoms with E-state index in [0.29, 0.717) is 43.1 Å². The highest BCUT2D eigenvalue weighted by atomic mass is 31.2. The Hall–Kier alpha value is -6.41. The number of aliphatic hydroxyl groups excluding tert-OH is 2. The van der Waals surface area contributed by atoms with E-state index in [4.69, 9.17) is 44.2 Å². The van der Waals surface area contributed by atoms with Gasteiger partial charge in [-0.1, -0.05) is 24.3 Å². The number of ether oxygens (including phenoxy) is 5. The molecular formula is C43H52FN11O19P2. The normalized spacial score (nSPS) is 24.2. The monoisotopic (exact) mass is 1110 g/mol. The number of nitrogens with one attached hydrogen (secondary N) is 2. The smallest absolute Gasteiger partial charge is 0.455 e. The molecule has 11 N–H and O–H groups in total. The van der Waals surface area contributed by atoms with E-state index in [9.17, 15) is 57.6 Å². The first-order chi connectivity index (χ1) is 36.2. The Morgan fingerprint density at radius 3 is 2.21 bits per heavy atom. The Bertz CT molecular complexity index is 3000. The number of rotatable bonds is 21. The number of nitrogens with two attached hydrogens (primary N) is 2. The van der Waals surface area contributed by atoms with Crippen molar-refractivity contribution >= 4 is 62.1 Å². The molecule has 0 radical (unpaired) electrons. The summed E-state index contributed by atoms with van der Waals surface area (Å²) >= 11 is 0. The van der Waals surface area contributed by atoms with E-state index in [-0.39, 0.29) is 54.7 Å². The lowest BCUT2D eigenvalue weighted by Gasteiger charge is -2.29. The second kappa shape index (κ2) is 24.3. The number of phosphoric acid groups is 2. The van der Waals surface area contributed by atoms with Crippen molar-refractivity contribution < 1.29 is 90.1 Å². The highest BCUT2D eigenvalue weighted by Gasteiger charge is 2.52. The minimum atomic E-state index is -5.49. The average Bonchev–Trinajstić information content (AvgIpc) is 4.05. The molecule has 0 aliphatic carbocycles. The van der Waals surface area contributed by atoms with E-state index < -0.39 is 108 Å². The first-order valence-electron chi connectivity index (χ1n) is 23.1. The Morgan fingerprint density at radius 1 is 0.855 bits per heavy atom. The Balaban J connectivity index is 0.970. The summed E-state index contributed by atoms with van der Waals surface area (Å²) in [6.45, 7) is -0.300. The van der Waals surface area contributed by atoms with Crippen molar-refractivity contribution in [1.29, 1.82) is 0 Å². The van der Waals surface area contributed by atoms with E-state index in [2.05, 4.69) is 35.1 Å². The number of amides is 2. The van der Waals surface area contributed by atoms with Gasteiger partial charge >= 0.3 is 33.4 Å². The number of carbonyl (C=O) groups excluding carboxylic acids is 3. The molecule has 2 amide bonds. The molecule has 410 valence electrons. The fourth-order valence-corrected chi connectivity index (χ4v) is 9.56. The molecule has 3 aromatic heterocycles. The molecule has 8 rings (SSSR count). The predicted octanol–water partition coefficient (Wildman–Crippen LogP) is -0.375. The lowest BCUT2D eigenvalue weighted by molar-refractivity contribution is -0.159. The van der Waals surface area contributed by atoms with Crippen molar-refractivity contribution in [1.82, 2.24) is 39.3 Å². The molecule has 76 heavy (non-hydrogen) atoms. The molecule has 10 atom stereocenters. The number of anilines is 3. The van der Waals surface area contributed by atoms with E-state index >= 15 is 0 Å². The molecule has 33 heteroatoms. The summed E-state index contributed by atoms with van der Waals surface area (Å²) in [5, 5.41) is 28.4. The van der Waals surface area contributed by atoms with Crippen LogP contribution >= 0.6 is 15.6 Å². The maximum Gasteiger partial charge on any atom is 0.472 e. The van der Waals surface area contributed by atoms with Crippen LogP contribution in [0.4, 0.5) is 26.5 Å². The van der Waals surface area contributed by atoms with Crippen LogP contribution in [0.15, 0.2) is 78.2 Å². The van der Waals surface area contributed by atoms with Gasteiger partial charge in [0, 0.05) is 31.5 Å². The van der Waals surface area contributed by atoms with Gasteiger partial charge in [-0.05, 0) is 47.9 Å². The molecule has 0 saturated carbocycles. The number of carbonyl (C=O) groups is 3. The van der Waals surface area contributed by atoms with Gasteiger partial charge in [-0.3, -0.25) is 32.4 Å². The summed E-state index contributed by atoms with van der Waals surface area (Å²) in [5.74, 6) is -2.14. The average molecular weight is 1110 g/mol. The fraction of sp³-hybridized carbons (Fsp3) is 0.442. The summed E-state index contributed by atoms with van der Waals surface area (Å²) in [4.78, 5) is 100. The van der Waals surface area contributed by atoms with Gasteiger partial charge < -0.3 is 70.7 Å². The number of hydrogen-bond donors (Lipinski definition) is 9. The number of esters is 1. The zero-order chi connectivity index (χ0) is 54.3. The number of halogens is 1. The van der Waals surface area contributed by atoms with E-state index in [1.165, 1.54) is 35.2 Å².